The summed E-state index contributed by atoms with van der Waals surface area (Å²) in [5, 5.41) is 7.90. The lowest BCUT2D eigenvalue weighted by Crippen LogP contribution is -2.35. The molecule has 0 spiro atoms. The van der Waals surface area contributed by atoms with Gasteiger partial charge in [-0.25, -0.2) is 9.59 Å². The molecular weight excluding hydrogens is 546 g/mol. The van der Waals surface area contributed by atoms with Gasteiger partial charge in [-0.3, -0.25) is 4.79 Å². The van der Waals surface area contributed by atoms with Crippen LogP contribution in [0.1, 0.15) is 44.9 Å². The van der Waals surface area contributed by atoms with Crippen LogP contribution in [-0.4, -0.2) is 124 Å². The third-order valence-electron chi connectivity index (χ3n) is 4.56. The first-order valence-corrected chi connectivity index (χ1v) is 13.3. The summed E-state index contributed by atoms with van der Waals surface area (Å²) in [6.07, 6.45) is 3.56. The van der Waals surface area contributed by atoms with E-state index < -0.39 is 18.3 Å². The number of carbonyl (C=O) groups excluding carboxylic acids is 6. The molecule has 0 radical (unpaired) electrons. The summed E-state index contributed by atoms with van der Waals surface area (Å²) >= 11 is 0. The number of hydrogen-bond acceptors (Lipinski definition) is 12. The van der Waals surface area contributed by atoms with Crippen LogP contribution >= 0.6 is 0 Å². The van der Waals surface area contributed by atoms with Gasteiger partial charge in [-0.1, -0.05) is 0 Å². The van der Waals surface area contributed by atoms with Crippen LogP contribution in [0.4, 0.5) is 9.59 Å². The number of amides is 3. The molecule has 15 heteroatoms. The molecule has 0 saturated carbocycles. The van der Waals surface area contributed by atoms with Gasteiger partial charge in [0.15, 0.2) is 0 Å². The molecule has 0 heterocycles. The number of nitrogens with one attached hydrogen (secondary N) is 3. The van der Waals surface area contributed by atoms with E-state index in [-0.39, 0.29) is 32.1 Å². The monoisotopic (exact) mass is 595 g/mol. The van der Waals surface area contributed by atoms with Crippen molar-refractivity contribution in [2.45, 2.75) is 51.0 Å². The summed E-state index contributed by atoms with van der Waals surface area (Å²) in [6.45, 7) is 4.80. The highest BCUT2D eigenvalue weighted by molar-refractivity contribution is 5.75. The molecule has 3 amide bonds. The summed E-state index contributed by atoms with van der Waals surface area (Å²) in [5.74, 6) is -0.111. The Morgan fingerprint density at radius 1 is 0.659 bits per heavy atom. The fourth-order valence-electron chi connectivity index (χ4n) is 2.55. The van der Waals surface area contributed by atoms with Crippen LogP contribution in [0, 0.1) is 0 Å². The van der Waals surface area contributed by atoms with E-state index in [4.69, 9.17) is 33.2 Å². The standard InChI is InChI=1S/C20H39N3O9.C5H8O2.CH2O/c1-27-11-5-8-22-19(25)31-15-17(16-32-20(26)23-9-6-12-28-2)30-13-4-7-18(24)21-10-14-29-3;6-4-2-1-3-5-7;1-2/h17H,4-16H2,1-3H3,(H,21,24)(H,22,25)(H,23,26);4-5H,1-3H2;1H2. The number of unbranched alkanes of at least 4 members (excludes halogenated alkanes) is 2. The van der Waals surface area contributed by atoms with Crippen molar-refractivity contribution < 1.29 is 57.2 Å². The molecule has 0 rings (SSSR count). The smallest absolute Gasteiger partial charge is 0.407 e. The van der Waals surface area contributed by atoms with Crippen molar-refractivity contribution in [3.05, 3.63) is 0 Å². The number of aldehydes is 2. The third kappa shape index (κ3) is 36.9. The predicted octanol–water partition coefficient (Wildman–Crippen LogP) is 0.809. The Hall–Kier alpha value is -3.14. The topological polar surface area (TPSA) is 194 Å². The van der Waals surface area contributed by atoms with Gasteiger partial charge in [0.2, 0.25) is 5.91 Å². The minimum absolute atomic E-state index is 0.104. The Balaban J connectivity index is -0.00000139. The zero-order valence-electron chi connectivity index (χ0n) is 24.7. The van der Waals surface area contributed by atoms with E-state index in [0.29, 0.717) is 78.0 Å². The van der Waals surface area contributed by atoms with E-state index in [1.807, 2.05) is 6.79 Å². The lowest BCUT2D eigenvalue weighted by atomic mass is 10.3. The van der Waals surface area contributed by atoms with Crippen LogP contribution < -0.4 is 16.0 Å². The van der Waals surface area contributed by atoms with Crippen molar-refractivity contribution in [3.63, 3.8) is 0 Å². The van der Waals surface area contributed by atoms with E-state index in [1.165, 1.54) is 0 Å². The number of hydrogen-bond donors (Lipinski definition) is 3. The fraction of sp³-hybridized carbons (Fsp3) is 0.769. The van der Waals surface area contributed by atoms with Crippen molar-refractivity contribution in [3.8, 4) is 0 Å². The molecule has 0 aromatic rings. The molecule has 0 saturated heterocycles. The normalized spacial score (nSPS) is 9.76. The molecule has 41 heavy (non-hydrogen) atoms. The van der Waals surface area contributed by atoms with Crippen LogP contribution in [0.3, 0.4) is 0 Å². The first-order valence-electron chi connectivity index (χ1n) is 13.3. The molecular formula is C26H49N3O12. The Bertz CT molecular complexity index is 605. The quantitative estimate of drug-likeness (QED) is 0.105. The number of carbonyl (C=O) groups is 6. The van der Waals surface area contributed by atoms with E-state index in [2.05, 4.69) is 16.0 Å². The molecule has 0 aliphatic heterocycles. The molecule has 0 atom stereocenters. The highest BCUT2D eigenvalue weighted by Gasteiger charge is 2.16. The first-order chi connectivity index (χ1) is 19.9. The Morgan fingerprint density at radius 2 is 1.15 bits per heavy atom. The maximum Gasteiger partial charge on any atom is 0.407 e. The van der Waals surface area contributed by atoms with Crippen LogP contribution in [0.2, 0.25) is 0 Å². The first kappa shape index (κ1) is 42.3. The van der Waals surface area contributed by atoms with Crippen molar-refractivity contribution in [1.82, 2.24) is 16.0 Å². The molecule has 0 bridgehead atoms. The summed E-state index contributed by atoms with van der Waals surface area (Å²) in [6, 6.07) is 0. The van der Waals surface area contributed by atoms with Gasteiger partial charge < -0.3 is 58.8 Å². The van der Waals surface area contributed by atoms with Crippen LogP contribution in [0.5, 0.6) is 0 Å². The van der Waals surface area contributed by atoms with Gasteiger partial charge in [0, 0.05) is 80.0 Å². The van der Waals surface area contributed by atoms with Crippen molar-refractivity contribution >= 4 is 37.5 Å². The summed E-state index contributed by atoms with van der Waals surface area (Å²) in [7, 11) is 4.72. The summed E-state index contributed by atoms with van der Waals surface area (Å²) in [5.41, 5.74) is 0. The van der Waals surface area contributed by atoms with Gasteiger partial charge in [0.1, 0.15) is 38.7 Å². The summed E-state index contributed by atoms with van der Waals surface area (Å²) < 4.78 is 30.6. The van der Waals surface area contributed by atoms with E-state index >= 15 is 0 Å². The van der Waals surface area contributed by atoms with Gasteiger partial charge in [0.25, 0.3) is 0 Å². The van der Waals surface area contributed by atoms with Crippen LogP contribution in [0.25, 0.3) is 0 Å². The molecule has 0 aromatic heterocycles. The molecule has 0 unspecified atom stereocenters. The SMILES string of the molecule is C=O.COCCCNC(=O)OCC(COC(=O)NCCCOC)OCCCC(=O)NCCOC.O=CCCCC=O. The van der Waals surface area contributed by atoms with Crippen molar-refractivity contribution in [2.24, 2.45) is 0 Å². The number of methoxy groups -OCH3 is 3. The lowest BCUT2D eigenvalue weighted by molar-refractivity contribution is -0.122. The molecule has 0 aromatic carbocycles. The number of alkyl carbamates (subject to hydrolysis) is 2. The maximum atomic E-state index is 11.8. The maximum absolute atomic E-state index is 11.8. The van der Waals surface area contributed by atoms with Gasteiger partial charge in [-0.05, 0) is 25.7 Å². The second kappa shape index (κ2) is 36.9. The second-order valence-electron chi connectivity index (χ2n) is 7.95. The minimum atomic E-state index is -0.666. The summed E-state index contributed by atoms with van der Waals surface area (Å²) in [4.78, 5) is 62.4. The van der Waals surface area contributed by atoms with Gasteiger partial charge >= 0.3 is 12.2 Å². The molecule has 0 aliphatic carbocycles. The van der Waals surface area contributed by atoms with Crippen molar-refractivity contribution in [2.75, 3.05) is 80.6 Å². The number of rotatable bonds is 24. The zero-order valence-corrected chi connectivity index (χ0v) is 24.7. The van der Waals surface area contributed by atoms with E-state index in [0.717, 1.165) is 12.6 Å². The second-order valence-corrected chi connectivity index (χ2v) is 7.95. The number of ether oxygens (including phenoxy) is 6. The molecule has 15 nitrogen and oxygen atoms in total. The van der Waals surface area contributed by atoms with Crippen molar-refractivity contribution in [1.29, 1.82) is 0 Å². The minimum Gasteiger partial charge on any atom is -0.447 e. The third-order valence-corrected chi connectivity index (χ3v) is 4.56. The largest absolute Gasteiger partial charge is 0.447 e. The van der Waals surface area contributed by atoms with Gasteiger partial charge in [-0.15, -0.1) is 0 Å². The predicted molar refractivity (Wildman–Crippen MR) is 149 cm³/mol. The lowest BCUT2D eigenvalue weighted by Gasteiger charge is -2.18. The van der Waals surface area contributed by atoms with Gasteiger partial charge in [0.05, 0.1) is 6.61 Å². The van der Waals surface area contributed by atoms with E-state index in [1.54, 1.807) is 21.3 Å². The van der Waals surface area contributed by atoms with Crippen LogP contribution in [-0.2, 0) is 47.6 Å². The zero-order chi connectivity index (χ0) is 31.4. The average Bonchev–Trinajstić information content (AvgIpc) is 2.98. The molecule has 0 aliphatic rings. The Morgan fingerprint density at radius 3 is 1.59 bits per heavy atom. The Labute approximate surface area is 242 Å². The average molecular weight is 596 g/mol. The Kier molecular flexibility index (Phi) is 38.1. The fourth-order valence-corrected chi connectivity index (χ4v) is 2.55. The van der Waals surface area contributed by atoms with Crippen LogP contribution in [0.15, 0.2) is 0 Å². The molecule has 240 valence electrons. The van der Waals surface area contributed by atoms with E-state index in [9.17, 15) is 24.0 Å². The highest BCUT2D eigenvalue weighted by atomic mass is 16.6. The van der Waals surface area contributed by atoms with Gasteiger partial charge in [-0.2, -0.15) is 0 Å². The highest BCUT2D eigenvalue weighted by Crippen LogP contribution is 2.00. The molecule has 3 N–H and O–H groups in total. The molecule has 0 fully saturated rings.